The fourth-order valence-corrected chi connectivity index (χ4v) is 2.14. The zero-order valence-electron chi connectivity index (χ0n) is 6.92. The van der Waals surface area contributed by atoms with Crippen LogP contribution < -0.4 is 11.5 Å². The van der Waals surface area contributed by atoms with Crippen LogP contribution in [0.5, 0.6) is 0 Å². The second-order valence-electron chi connectivity index (χ2n) is 2.71. The van der Waals surface area contributed by atoms with E-state index in [0.717, 1.165) is 0 Å². The average Bonchev–Trinajstić information content (AvgIpc) is 2.28. The predicted octanol–water partition coefficient (Wildman–Crippen LogP) is 1.32. The van der Waals surface area contributed by atoms with Gasteiger partial charge in [-0.05, 0) is 25.5 Å². The maximum absolute atomic E-state index is 5.79. The largest absolute Gasteiger partial charge is 0.329 e. The van der Waals surface area contributed by atoms with Crippen LogP contribution in [-0.2, 0) is 0 Å². The fourth-order valence-electron chi connectivity index (χ4n) is 1.15. The smallest absolute Gasteiger partial charge is 0.0430 e. The van der Waals surface area contributed by atoms with Crippen molar-refractivity contribution in [3.63, 3.8) is 0 Å². The minimum absolute atomic E-state index is 0.0138. The monoisotopic (exact) mass is 170 g/mol. The molecule has 0 unspecified atom stereocenters. The van der Waals surface area contributed by atoms with Gasteiger partial charge in [-0.1, -0.05) is 0 Å². The molecule has 0 fully saturated rings. The van der Waals surface area contributed by atoms with Crippen molar-refractivity contribution >= 4 is 11.3 Å². The first-order chi connectivity index (χ1) is 5.15. The summed E-state index contributed by atoms with van der Waals surface area (Å²) in [5.74, 6) is 0. The molecule has 62 valence electrons. The third-order valence-corrected chi connectivity index (χ3v) is 2.71. The minimum Gasteiger partial charge on any atom is -0.329 e. The van der Waals surface area contributed by atoms with Gasteiger partial charge in [0, 0.05) is 22.3 Å². The maximum Gasteiger partial charge on any atom is 0.0430 e. The Kier molecular flexibility index (Phi) is 2.65. The zero-order chi connectivity index (χ0) is 8.43. The fraction of sp³-hybridized carbons (Fsp3) is 0.500. The molecule has 1 rings (SSSR count). The van der Waals surface area contributed by atoms with Crippen LogP contribution in [0, 0.1) is 13.8 Å². The molecule has 0 aliphatic carbocycles. The predicted molar refractivity (Wildman–Crippen MR) is 49.8 cm³/mol. The van der Waals surface area contributed by atoms with E-state index in [2.05, 4.69) is 19.9 Å². The van der Waals surface area contributed by atoms with Crippen LogP contribution in [-0.4, -0.2) is 6.54 Å². The third-order valence-electron chi connectivity index (χ3n) is 1.73. The van der Waals surface area contributed by atoms with Gasteiger partial charge < -0.3 is 11.5 Å². The van der Waals surface area contributed by atoms with E-state index in [-0.39, 0.29) is 6.04 Å². The van der Waals surface area contributed by atoms with Gasteiger partial charge in [-0.3, -0.25) is 0 Å². The normalized spacial score (nSPS) is 13.5. The second-order valence-corrected chi connectivity index (χ2v) is 4.17. The molecule has 1 aromatic rings. The molecule has 0 amide bonds. The number of rotatable bonds is 2. The molecule has 0 spiro atoms. The molecule has 0 aromatic carbocycles. The lowest BCUT2D eigenvalue weighted by atomic mass is 10.1. The van der Waals surface area contributed by atoms with E-state index in [9.17, 15) is 0 Å². The Bertz CT molecular complexity index is 242. The van der Waals surface area contributed by atoms with Crippen LogP contribution in [0.1, 0.15) is 21.4 Å². The number of hydrogen-bond acceptors (Lipinski definition) is 3. The Morgan fingerprint density at radius 3 is 2.55 bits per heavy atom. The summed E-state index contributed by atoms with van der Waals surface area (Å²) in [5.41, 5.74) is 12.5. The van der Waals surface area contributed by atoms with Gasteiger partial charge in [-0.15, -0.1) is 11.3 Å². The summed E-state index contributed by atoms with van der Waals surface area (Å²) in [6.45, 7) is 4.70. The number of aryl methyl sites for hydroxylation is 2. The van der Waals surface area contributed by atoms with E-state index >= 15 is 0 Å². The van der Waals surface area contributed by atoms with Crippen LogP contribution in [0.2, 0.25) is 0 Å². The SMILES string of the molecule is Cc1cc([C@@H](N)CN)c(C)s1. The summed E-state index contributed by atoms with van der Waals surface area (Å²) in [4.78, 5) is 2.60. The molecule has 0 radical (unpaired) electrons. The lowest BCUT2D eigenvalue weighted by Crippen LogP contribution is -2.20. The molecular weight excluding hydrogens is 156 g/mol. The van der Waals surface area contributed by atoms with E-state index in [1.807, 2.05) is 0 Å². The molecule has 0 aliphatic heterocycles. The summed E-state index contributed by atoms with van der Waals surface area (Å²) in [6, 6.07) is 2.14. The highest BCUT2D eigenvalue weighted by Crippen LogP contribution is 2.24. The lowest BCUT2D eigenvalue weighted by molar-refractivity contribution is 0.735. The highest BCUT2D eigenvalue weighted by atomic mass is 32.1. The van der Waals surface area contributed by atoms with Crippen molar-refractivity contribution in [3.05, 3.63) is 21.4 Å². The molecule has 0 saturated carbocycles. The highest BCUT2D eigenvalue weighted by Gasteiger charge is 2.08. The number of hydrogen-bond donors (Lipinski definition) is 2. The van der Waals surface area contributed by atoms with Crippen LogP contribution in [0.15, 0.2) is 6.07 Å². The Hall–Kier alpha value is -0.380. The van der Waals surface area contributed by atoms with Gasteiger partial charge in [0.25, 0.3) is 0 Å². The summed E-state index contributed by atoms with van der Waals surface area (Å²) in [5, 5.41) is 0. The first kappa shape index (κ1) is 8.71. The van der Waals surface area contributed by atoms with Gasteiger partial charge in [0.05, 0.1) is 0 Å². The topological polar surface area (TPSA) is 52.0 Å². The van der Waals surface area contributed by atoms with Crippen molar-refractivity contribution < 1.29 is 0 Å². The molecule has 1 aromatic heterocycles. The van der Waals surface area contributed by atoms with Gasteiger partial charge in [0.15, 0.2) is 0 Å². The Morgan fingerprint density at radius 2 is 2.18 bits per heavy atom. The number of nitrogens with two attached hydrogens (primary N) is 2. The Balaban J connectivity index is 2.93. The van der Waals surface area contributed by atoms with E-state index < -0.39 is 0 Å². The summed E-state index contributed by atoms with van der Waals surface area (Å²) in [6.07, 6.45) is 0. The standard InChI is InChI=1S/C8H14N2S/c1-5-3-7(6(2)11-5)8(10)4-9/h3,8H,4,9-10H2,1-2H3/t8-/m0/s1. The van der Waals surface area contributed by atoms with Crippen LogP contribution in [0.4, 0.5) is 0 Å². The van der Waals surface area contributed by atoms with Gasteiger partial charge in [-0.25, -0.2) is 0 Å². The molecule has 3 heteroatoms. The third kappa shape index (κ3) is 1.80. The molecule has 0 saturated heterocycles. The van der Waals surface area contributed by atoms with Crippen LogP contribution >= 0.6 is 11.3 Å². The van der Waals surface area contributed by atoms with Gasteiger partial charge in [0.1, 0.15) is 0 Å². The zero-order valence-corrected chi connectivity index (χ0v) is 7.74. The second kappa shape index (κ2) is 3.34. The first-order valence-electron chi connectivity index (χ1n) is 3.67. The van der Waals surface area contributed by atoms with Crippen LogP contribution in [0.3, 0.4) is 0 Å². The van der Waals surface area contributed by atoms with E-state index in [1.54, 1.807) is 11.3 Å². The maximum atomic E-state index is 5.79. The van der Waals surface area contributed by atoms with Crippen molar-refractivity contribution in [2.24, 2.45) is 11.5 Å². The Labute approximate surface area is 71.2 Å². The first-order valence-corrected chi connectivity index (χ1v) is 4.49. The van der Waals surface area contributed by atoms with E-state index in [1.165, 1.54) is 15.3 Å². The highest BCUT2D eigenvalue weighted by molar-refractivity contribution is 7.12. The van der Waals surface area contributed by atoms with Crippen molar-refractivity contribution in [3.8, 4) is 0 Å². The molecule has 1 heterocycles. The summed E-state index contributed by atoms with van der Waals surface area (Å²) >= 11 is 1.78. The van der Waals surface area contributed by atoms with Crippen molar-refractivity contribution in [1.82, 2.24) is 0 Å². The van der Waals surface area contributed by atoms with Crippen molar-refractivity contribution in [1.29, 1.82) is 0 Å². The molecule has 4 N–H and O–H groups in total. The van der Waals surface area contributed by atoms with Gasteiger partial charge >= 0.3 is 0 Å². The Morgan fingerprint density at radius 1 is 1.55 bits per heavy atom. The van der Waals surface area contributed by atoms with Crippen molar-refractivity contribution in [2.75, 3.05) is 6.54 Å². The van der Waals surface area contributed by atoms with Gasteiger partial charge in [0.2, 0.25) is 0 Å². The van der Waals surface area contributed by atoms with Gasteiger partial charge in [-0.2, -0.15) is 0 Å². The quantitative estimate of drug-likeness (QED) is 0.703. The molecule has 2 nitrogen and oxygen atoms in total. The molecule has 1 atom stereocenters. The summed E-state index contributed by atoms with van der Waals surface area (Å²) < 4.78 is 0. The molecule has 0 aliphatic rings. The minimum atomic E-state index is 0.0138. The van der Waals surface area contributed by atoms with Crippen LogP contribution in [0.25, 0.3) is 0 Å². The lowest BCUT2D eigenvalue weighted by Gasteiger charge is -2.06. The summed E-state index contributed by atoms with van der Waals surface area (Å²) in [7, 11) is 0. The molecular formula is C8H14N2S. The number of thiophene rings is 1. The van der Waals surface area contributed by atoms with Crippen molar-refractivity contribution in [2.45, 2.75) is 19.9 Å². The van der Waals surface area contributed by atoms with E-state index in [0.29, 0.717) is 6.54 Å². The average molecular weight is 170 g/mol. The molecule has 0 bridgehead atoms. The van der Waals surface area contributed by atoms with E-state index in [4.69, 9.17) is 11.5 Å². The molecule has 11 heavy (non-hydrogen) atoms.